The van der Waals surface area contributed by atoms with Crippen LogP contribution in [0.25, 0.3) is 10.8 Å². The monoisotopic (exact) mass is 336 g/mol. The molecule has 0 aromatic heterocycles. The molecule has 0 unspecified atom stereocenters. The number of benzene rings is 3. The molecule has 0 heterocycles. The molecule has 0 fully saturated rings. The minimum atomic E-state index is 0.712. The van der Waals surface area contributed by atoms with Crippen LogP contribution in [0.5, 0.6) is 0 Å². The zero-order valence-corrected chi connectivity index (χ0v) is 13.1. The summed E-state index contributed by atoms with van der Waals surface area (Å²) in [5.41, 5.74) is 3.72. The lowest BCUT2D eigenvalue weighted by Crippen LogP contribution is -1.92. The van der Waals surface area contributed by atoms with Crippen molar-refractivity contribution < 1.29 is 0 Å². The molecule has 0 spiro atoms. The van der Waals surface area contributed by atoms with Crippen molar-refractivity contribution in [3.63, 3.8) is 0 Å². The first-order chi connectivity index (χ1) is 10.2. The summed E-state index contributed by atoms with van der Waals surface area (Å²) in [6, 6.07) is 20.5. The molecule has 3 rings (SSSR count). The van der Waals surface area contributed by atoms with Crippen molar-refractivity contribution >= 4 is 38.1 Å². The molecule has 2 nitrogen and oxygen atoms in total. The molecule has 0 amide bonds. The minimum Gasteiger partial charge on any atom is -0.355 e. The quantitative estimate of drug-likeness (QED) is 0.668. The highest BCUT2D eigenvalue weighted by atomic mass is 79.9. The Balaban J connectivity index is 1.93. The Kier molecular flexibility index (Phi) is 3.64. The number of nitriles is 1. The second-order valence-corrected chi connectivity index (χ2v) is 5.89. The summed E-state index contributed by atoms with van der Waals surface area (Å²) in [5.74, 6) is 0. The van der Waals surface area contributed by atoms with Gasteiger partial charge < -0.3 is 5.32 Å². The van der Waals surface area contributed by atoms with Crippen LogP contribution in [0.1, 0.15) is 11.1 Å². The van der Waals surface area contributed by atoms with E-state index in [1.807, 2.05) is 31.2 Å². The summed E-state index contributed by atoms with van der Waals surface area (Å²) in [4.78, 5) is 0. The van der Waals surface area contributed by atoms with Gasteiger partial charge in [0.15, 0.2) is 0 Å². The number of anilines is 2. The largest absolute Gasteiger partial charge is 0.355 e. The Bertz CT molecular complexity index is 863. The van der Waals surface area contributed by atoms with E-state index in [0.717, 1.165) is 21.4 Å². The van der Waals surface area contributed by atoms with Crippen LogP contribution in [0, 0.1) is 18.3 Å². The van der Waals surface area contributed by atoms with Gasteiger partial charge in [-0.25, -0.2) is 0 Å². The maximum absolute atomic E-state index is 8.97. The predicted molar refractivity (Wildman–Crippen MR) is 90.8 cm³/mol. The van der Waals surface area contributed by atoms with E-state index in [-0.39, 0.29) is 0 Å². The Morgan fingerprint density at radius 3 is 2.33 bits per heavy atom. The van der Waals surface area contributed by atoms with Crippen molar-refractivity contribution in [1.29, 1.82) is 5.26 Å². The van der Waals surface area contributed by atoms with E-state index in [0.29, 0.717) is 5.56 Å². The van der Waals surface area contributed by atoms with Gasteiger partial charge in [-0.3, -0.25) is 0 Å². The first kappa shape index (κ1) is 13.7. The molecule has 3 aromatic rings. The van der Waals surface area contributed by atoms with Crippen molar-refractivity contribution in [3.8, 4) is 6.07 Å². The molecule has 0 aliphatic heterocycles. The van der Waals surface area contributed by atoms with Gasteiger partial charge in [-0.15, -0.1) is 0 Å². The van der Waals surface area contributed by atoms with Crippen LogP contribution >= 0.6 is 15.9 Å². The molecule has 0 aliphatic rings. The molecule has 0 radical (unpaired) electrons. The van der Waals surface area contributed by atoms with Crippen LogP contribution in [0.4, 0.5) is 11.4 Å². The molecule has 0 saturated carbocycles. The van der Waals surface area contributed by atoms with Gasteiger partial charge in [-0.1, -0.05) is 28.1 Å². The summed E-state index contributed by atoms with van der Waals surface area (Å²) in [6.45, 7) is 1.95. The van der Waals surface area contributed by atoms with E-state index in [9.17, 15) is 0 Å². The highest BCUT2D eigenvalue weighted by molar-refractivity contribution is 9.10. The smallest absolute Gasteiger partial charge is 0.0994 e. The maximum Gasteiger partial charge on any atom is 0.0994 e. The van der Waals surface area contributed by atoms with Crippen LogP contribution in [0.15, 0.2) is 59.1 Å². The molecule has 21 heavy (non-hydrogen) atoms. The van der Waals surface area contributed by atoms with Crippen LogP contribution in [0.3, 0.4) is 0 Å². The zero-order chi connectivity index (χ0) is 14.8. The number of rotatable bonds is 2. The van der Waals surface area contributed by atoms with E-state index < -0.39 is 0 Å². The topological polar surface area (TPSA) is 35.8 Å². The Labute approximate surface area is 132 Å². The highest BCUT2D eigenvalue weighted by Gasteiger charge is 2.01. The van der Waals surface area contributed by atoms with Gasteiger partial charge in [-0.05, 0) is 65.7 Å². The van der Waals surface area contributed by atoms with E-state index >= 15 is 0 Å². The SMILES string of the molecule is Cc1cc(Nc2ccc3cc(Br)ccc3c2)ccc1C#N. The van der Waals surface area contributed by atoms with Crippen molar-refractivity contribution in [1.82, 2.24) is 0 Å². The van der Waals surface area contributed by atoms with Gasteiger partial charge in [0, 0.05) is 15.8 Å². The maximum atomic E-state index is 8.97. The highest BCUT2D eigenvalue weighted by Crippen LogP contribution is 2.25. The Hall–Kier alpha value is -2.31. The summed E-state index contributed by atoms with van der Waals surface area (Å²) >= 11 is 3.48. The number of aryl methyl sites for hydroxylation is 1. The van der Waals surface area contributed by atoms with Gasteiger partial charge in [-0.2, -0.15) is 5.26 Å². The van der Waals surface area contributed by atoms with Gasteiger partial charge in [0.1, 0.15) is 0 Å². The van der Waals surface area contributed by atoms with Crippen molar-refractivity contribution in [2.45, 2.75) is 6.92 Å². The zero-order valence-electron chi connectivity index (χ0n) is 11.5. The normalized spacial score (nSPS) is 10.3. The Morgan fingerprint density at radius 2 is 1.57 bits per heavy atom. The molecule has 0 bridgehead atoms. The molecule has 0 saturated heterocycles. The van der Waals surface area contributed by atoms with E-state index in [1.54, 1.807) is 0 Å². The average Bonchev–Trinajstić information content (AvgIpc) is 2.48. The number of nitrogens with zero attached hydrogens (tertiary/aromatic N) is 1. The first-order valence-electron chi connectivity index (χ1n) is 6.63. The predicted octanol–water partition coefficient (Wildman–Crippen LogP) is 5.53. The number of halogens is 1. The van der Waals surface area contributed by atoms with Crippen LogP contribution in [0.2, 0.25) is 0 Å². The van der Waals surface area contributed by atoms with E-state index in [4.69, 9.17) is 5.26 Å². The third-order valence-corrected chi connectivity index (χ3v) is 3.93. The molecule has 3 heteroatoms. The number of fused-ring (bicyclic) bond motifs is 1. The molecule has 3 aromatic carbocycles. The summed E-state index contributed by atoms with van der Waals surface area (Å²) in [5, 5.41) is 14.7. The molecular weight excluding hydrogens is 324 g/mol. The Morgan fingerprint density at radius 1 is 0.905 bits per heavy atom. The number of hydrogen-bond donors (Lipinski definition) is 1. The fourth-order valence-corrected chi connectivity index (χ4v) is 2.71. The minimum absolute atomic E-state index is 0.712. The molecule has 0 aliphatic carbocycles. The molecule has 0 atom stereocenters. The lowest BCUT2D eigenvalue weighted by molar-refractivity contribution is 1.39. The average molecular weight is 337 g/mol. The van der Waals surface area contributed by atoms with E-state index in [1.165, 1.54) is 10.8 Å². The van der Waals surface area contributed by atoms with Gasteiger partial charge >= 0.3 is 0 Å². The van der Waals surface area contributed by atoms with Crippen molar-refractivity contribution in [2.75, 3.05) is 5.32 Å². The molecular formula is C18H13BrN2. The standard InChI is InChI=1S/C18H13BrN2/c1-12-8-17(7-4-15(12)11-20)21-18-6-3-13-9-16(19)5-2-14(13)10-18/h2-10,21H,1H3. The molecule has 102 valence electrons. The fourth-order valence-electron chi connectivity index (χ4n) is 2.33. The summed E-state index contributed by atoms with van der Waals surface area (Å²) in [6.07, 6.45) is 0. The van der Waals surface area contributed by atoms with Crippen LogP contribution in [-0.4, -0.2) is 0 Å². The first-order valence-corrected chi connectivity index (χ1v) is 7.42. The second kappa shape index (κ2) is 5.59. The van der Waals surface area contributed by atoms with Gasteiger partial charge in [0.2, 0.25) is 0 Å². The fraction of sp³-hybridized carbons (Fsp3) is 0.0556. The number of nitrogens with one attached hydrogen (secondary N) is 1. The lowest BCUT2D eigenvalue weighted by Gasteiger charge is -2.09. The molecule has 1 N–H and O–H groups in total. The second-order valence-electron chi connectivity index (χ2n) is 4.97. The van der Waals surface area contributed by atoms with Crippen LogP contribution < -0.4 is 5.32 Å². The summed E-state index contributed by atoms with van der Waals surface area (Å²) < 4.78 is 1.08. The van der Waals surface area contributed by atoms with Gasteiger partial charge in [0.05, 0.1) is 11.6 Å². The van der Waals surface area contributed by atoms with E-state index in [2.05, 4.69) is 57.6 Å². The van der Waals surface area contributed by atoms with Gasteiger partial charge in [0.25, 0.3) is 0 Å². The summed E-state index contributed by atoms with van der Waals surface area (Å²) in [7, 11) is 0. The van der Waals surface area contributed by atoms with Crippen molar-refractivity contribution in [3.05, 3.63) is 70.2 Å². The lowest BCUT2D eigenvalue weighted by atomic mass is 10.1. The third kappa shape index (κ3) is 2.91. The van der Waals surface area contributed by atoms with Crippen LogP contribution in [-0.2, 0) is 0 Å². The number of hydrogen-bond acceptors (Lipinski definition) is 2. The van der Waals surface area contributed by atoms with Crippen molar-refractivity contribution in [2.24, 2.45) is 0 Å². The third-order valence-electron chi connectivity index (χ3n) is 3.44.